The summed E-state index contributed by atoms with van der Waals surface area (Å²) in [6, 6.07) is 0. The molecule has 0 spiro atoms. The van der Waals surface area contributed by atoms with Crippen molar-refractivity contribution in [1.82, 2.24) is 5.32 Å². The molecule has 3 N–H and O–H groups in total. The van der Waals surface area contributed by atoms with Gasteiger partial charge in [-0.2, -0.15) is 13.2 Å². The molecule has 1 unspecified atom stereocenters. The van der Waals surface area contributed by atoms with E-state index in [2.05, 4.69) is 0 Å². The molecule has 8 heteroatoms. The molecule has 0 aliphatic rings. The summed E-state index contributed by atoms with van der Waals surface area (Å²) < 4.78 is 46.4. The molecule has 1 amide bonds. The SMILES string of the molecule is CC(C)(N)CS(=O)CC(=O)NCC(F)(F)F. The highest BCUT2D eigenvalue weighted by atomic mass is 32.2. The normalized spacial score (nSPS) is 14.6. The van der Waals surface area contributed by atoms with E-state index < -0.39 is 40.7 Å². The van der Waals surface area contributed by atoms with Gasteiger partial charge < -0.3 is 11.1 Å². The molecule has 0 aliphatic heterocycles. The summed E-state index contributed by atoms with van der Waals surface area (Å²) in [6.07, 6.45) is -4.45. The summed E-state index contributed by atoms with van der Waals surface area (Å²) in [7, 11) is -1.55. The monoisotopic (exact) mass is 260 g/mol. The van der Waals surface area contributed by atoms with Crippen LogP contribution in [0.2, 0.25) is 0 Å². The first-order chi connectivity index (χ1) is 6.99. The van der Waals surface area contributed by atoms with Crippen molar-refractivity contribution >= 4 is 16.7 Å². The van der Waals surface area contributed by atoms with Gasteiger partial charge in [0.15, 0.2) is 0 Å². The first kappa shape index (κ1) is 15.4. The van der Waals surface area contributed by atoms with E-state index >= 15 is 0 Å². The van der Waals surface area contributed by atoms with Crippen molar-refractivity contribution in [3.63, 3.8) is 0 Å². The molecule has 16 heavy (non-hydrogen) atoms. The van der Waals surface area contributed by atoms with E-state index in [4.69, 9.17) is 5.73 Å². The highest BCUT2D eigenvalue weighted by Gasteiger charge is 2.28. The van der Waals surface area contributed by atoms with Crippen molar-refractivity contribution in [1.29, 1.82) is 0 Å². The van der Waals surface area contributed by atoms with Gasteiger partial charge in [-0.15, -0.1) is 0 Å². The number of halogens is 3. The van der Waals surface area contributed by atoms with Crippen LogP contribution in [0.1, 0.15) is 13.8 Å². The van der Waals surface area contributed by atoms with Crippen molar-refractivity contribution in [2.45, 2.75) is 25.6 Å². The van der Waals surface area contributed by atoms with Gasteiger partial charge in [0, 0.05) is 22.1 Å². The number of nitrogens with two attached hydrogens (primary N) is 1. The molecule has 0 radical (unpaired) electrons. The van der Waals surface area contributed by atoms with Crippen molar-refractivity contribution in [2.24, 2.45) is 5.73 Å². The molecule has 4 nitrogen and oxygen atoms in total. The Morgan fingerprint density at radius 3 is 2.25 bits per heavy atom. The van der Waals surface area contributed by atoms with Crippen LogP contribution in [-0.4, -0.2) is 39.9 Å². The predicted octanol–water partition coefficient (Wildman–Crippen LogP) is 0.151. The largest absolute Gasteiger partial charge is 0.405 e. The number of alkyl halides is 3. The van der Waals surface area contributed by atoms with Crippen molar-refractivity contribution in [3.8, 4) is 0 Å². The zero-order valence-corrected chi connectivity index (χ0v) is 9.87. The Morgan fingerprint density at radius 2 is 1.88 bits per heavy atom. The Morgan fingerprint density at radius 1 is 1.38 bits per heavy atom. The van der Waals surface area contributed by atoms with Gasteiger partial charge in [0.05, 0.1) is 0 Å². The molecule has 0 saturated heterocycles. The molecule has 0 aliphatic carbocycles. The average molecular weight is 260 g/mol. The minimum Gasteiger partial charge on any atom is -0.346 e. The maximum absolute atomic E-state index is 11.7. The lowest BCUT2D eigenvalue weighted by atomic mass is 10.1. The minimum absolute atomic E-state index is 0.0619. The van der Waals surface area contributed by atoms with Crippen LogP contribution in [0.4, 0.5) is 13.2 Å². The van der Waals surface area contributed by atoms with Crippen LogP contribution in [0.15, 0.2) is 0 Å². The molecule has 0 saturated carbocycles. The molecule has 0 fully saturated rings. The number of nitrogens with one attached hydrogen (secondary N) is 1. The van der Waals surface area contributed by atoms with Crippen LogP contribution in [0.5, 0.6) is 0 Å². The van der Waals surface area contributed by atoms with E-state index in [0.29, 0.717) is 0 Å². The summed E-state index contributed by atoms with van der Waals surface area (Å²) in [4.78, 5) is 10.9. The predicted molar refractivity (Wildman–Crippen MR) is 55.2 cm³/mol. The number of carbonyl (C=O) groups excluding carboxylic acids is 1. The van der Waals surface area contributed by atoms with Gasteiger partial charge in [-0.1, -0.05) is 0 Å². The third kappa shape index (κ3) is 9.91. The van der Waals surface area contributed by atoms with Crippen LogP contribution < -0.4 is 11.1 Å². The van der Waals surface area contributed by atoms with E-state index in [9.17, 15) is 22.2 Å². The second kappa shape index (κ2) is 5.62. The summed E-state index contributed by atoms with van der Waals surface area (Å²) in [5.74, 6) is -1.29. The van der Waals surface area contributed by atoms with Crippen LogP contribution in [0, 0.1) is 0 Å². The number of amides is 1. The lowest BCUT2D eigenvalue weighted by Gasteiger charge is -2.17. The van der Waals surface area contributed by atoms with E-state index in [0.717, 1.165) is 0 Å². The third-order valence-corrected chi connectivity index (χ3v) is 2.96. The quantitative estimate of drug-likeness (QED) is 0.739. The maximum atomic E-state index is 11.7. The van der Waals surface area contributed by atoms with Gasteiger partial charge in [0.25, 0.3) is 0 Å². The molecular weight excluding hydrogens is 245 g/mol. The Balaban J connectivity index is 3.93. The first-order valence-corrected chi connectivity index (χ1v) is 5.96. The van der Waals surface area contributed by atoms with Crippen molar-refractivity contribution in [3.05, 3.63) is 0 Å². The standard InChI is InChI=1S/C8H15F3N2O2S/c1-7(2,12)5-16(15)3-6(14)13-4-8(9,10)11/h3-5,12H2,1-2H3,(H,13,14). The number of hydrogen-bond donors (Lipinski definition) is 2. The fourth-order valence-corrected chi connectivity index (χ4v) is 2.19. The van der Waals surface area contributed by atoms with E-state index in [1.165, 1.54) is 0 Å². The molecule has 1 atom stereocenters. The van der Waals surface area contributed by atoms with Gasteiger partial charge in [-0.25, -0.2) is 0 Å². The topological polar surface area (TPSA) is 72.2 Å². The minimum atomic E-state index is -4.45. The molecule has 0 heterocycles. The summed E-state index contributed by atoms with van der Waals surface area (Å²) >= 11 is 0. The van der Waals surface area contributed by atoms with E-state index in [-0.39, 0.29) is 5.75 Å². The Kier molecular flexibility index (Phi) is 5.40. The number of hydrogen-bond acceptors (Lipinski definition) is 3. The molecule has 0 rings (SSSR count). The Bertz CT molecular complexity index is 273. The second-order valence-electron chi connectivity index (χ2n) is 4.11. The average Bonchev–Trinajstić information content (AvgIpc) is 1.95. The molecule has 96 valence electrons. The molecule has 0 aromatic rings. The van der Waals surface area contributed by atoms with Crippen LogP contribution in [-0.2, 0) is 15.6 Å². The van der Waals surface area contributed by atoms with Crippen LogP contribution in [0.3, 0.4) is 0 Å². The van der Waals surface area contributed by atoms with Gasteiger partial charge in [-0.05, 0) is 13.8 Å². The highest BCUT2D eigenvalue weighted by molar-refractivity contribution is 7.85. The Labute approximate surface area is 94.2 Å². The lowest BCUT2D eigenvalue weighted by molar-refractivity contribution is -0.136. The van der Waals surface area contributed by atoms with Crippen molar-refractivity contribution in [2.75, 3.05) is 18.1 Å². The van der Waals surface area contributed by atoms with Gasteiger partial charge in [-0.3, -0.25) is 9.00 Å². The lowest BCUT2D eigenvalue weighted by Crippen LogP contribution is -2.41. The summed E-state index contributed by atoms with van der Waals surface area (Å²) in [5.41, 5.74) is 4.84. The van der Waals surface area contributed by atoms with Gasteiger partial charge >= 0.3 is 6.18 Å². The van der Waals surface area contributed by atoms with Gasteiger partial charge in [0.2, 0.25) is 5.91 Å². The maximum Gasteiger partial charge on any atom is 0.405 e. The molecule has 0 aromatic carbocycles. The zero-order chi connectivity index (χ0) is 13.0. The second-order valence-corrected chi connectivity index (χ2v) is 5.57. The smallest absolute Gasteiger partial charge is 0.346 e. The van der Waals surface area contributed by atoms with Gasteiger partial charge in [0.1, 0.15) is 12.3 Å². The molecular formula is C8H15F3N2O2S. The Hall–Kier alpha value is -0.630. The van der Waals surface area contributed by atoms with Crippen molar-refractivity contribution < 1.29 is 22.2 Å². The van der Waals surface area contributed by atoms with Crippen LogP contribution >= 0.6 is 0 Å². The fourth-order valence-electron chi connectivity index (χ4n) is 0.862. The molecule has 0 bridgehead atoms. The van der Waals surface area contributed by atoms with E-state index in [1.807, 2.05) is 0 Å². The highest BCUT2D eigenvalue weighted by Crippen LogP contribution is 2.12. The zero-order valence-electron chi connectivity index (χ0n) is 9.06. The number of rotatable bonds is 5. The third-order valence-electron chi connectivity index (χ3n) is 1.31. The number of carbonyl (C=O) groups is 1. The fraction of sp³-hybridized carbons (Fsp3) is 0.875. The summed E-state index contributed by atoms with van der Waals surface area (Å²) in [6.45, 7) is 1.84. The van der Waals surface area contributed by atoms with E-state index in [1.54, 1.807) is 19.2 Å². The van der Waals surface area contributed by atoms with Crippen LogP contribution in [0.25, 0.3) is 0 Å². The molecule has 0 aromatic heterocycles. The summed E-state index contributed by atoms with van der Waals surface area (Å²) in [5, 5.41) is 1.64. The first-order valence-electron chi connectivity index (χ1n) is 4.47.